The van der Waals surface area contributed by atoms with Crippen LogP contribution in [0.1, 0.15) is 18.4 Å². The van der Waals surface area contributed by atoms with Crippen molar-refractivity contribution in [2.45, 2.75) is 18.6 Å². The first kappa shape index (κ1) is 14.1. The van der Waals surface area contributed by atoms with E-state index < -0.39 is 5.97 Å². The first-order chi connectivity index (χ1) is 9.60. The number of aliphatic carboxylic acids is 1. The molecule has 0 atom stereocenters. The highest BCUT2D eigenvalue weighted by atomic mass is 32.2. The van der Waals surface area contributed by atoms with Gasteiger partial charge >= 0.3 is 5.97 Å². The summed E-state index contributed by atoms with van der Waals surface area (Å²) < 4.78 is 5.24. The molecule has 1 N–H and O–H groups in total. The molecule has 1 heterocycles. The maximum atomic E-state index is 11.6. The second kappa shape index (κ2) is 6.25. The molecular formula is C13H11N2O4S-. The molecule has 1 aromatic carbocycles. The molecule has 20 heavy (non-hydrogen) atoms. The van der Waals surface area contributed by atoms with Gasteiger partial charge in [0, 0.05) is 6.42 Å². The van der Waals surface area contributed by atoms with Crippen LogP contribution in [0.5, 0.6) is 5.75 Å². The molecular weight excluding hydrogens is 280 g/mol. The van der Waals surface area contributed by atoms with Crippen LogP contribution in [0.3, 0.4) is 0 Å². The van der Waals surface area contributed by atoms with E-state index in [1.165, 1.54) is 12.1 Å². The minimum Gasteiger partial charge on any atom is -0.872 e. The number of thioether (sulfide) groups is 1. The number of para-hydroxylation sites is 1. The normalized spacial score (nSPS) is 11.6. The van der Waals surface area contributed by atoms with Crippen molar-refractivity contribution in [1.82, 2.24) is 10.2 Å². The van der Waals surface area contributed by atoms with Crippen molar-refractivity contribution in [3.63, 3.8) is 0 Å². The topological polar surface area (TPSA) is 99.3 Å². The van der Waals surface area contributed by atoms with E-state index in [1.54, 1.807) is 18.2 Å². The molecule has 2 aromatic rings. The SMILES string of the molecule is CCc1nnc(S/C(=C\c2ccccc2[O-])C(=O)O)o1. The minimum absolute atomic E-state index is 0.0559. The van der Waals surface area contributed by atoms with E-state index in [2.05, 4.69) is 10.2 Å². The number of aryl methyl sites for hydroxylation is 1. The van der Waals surface area contributed by atoms with Crippen LogP contribution in [0, 0.1) is 0 Å². The quantitative estimate of drug-likeness (QED) is 0.663. The number of carboxylic acids is 1. The average molecular weight is 291 g/mol. The molecule has 0 saturated heterocycles. The van der Waals surface area contributed by atoms with Crippen molar-refractivity contribution in [1.29, 1.82) is 0 Å². The average Bonchev–Trinajstić information content (AvgIpc) is 2.88. The van der Waals surface area contributed by atoms with Crippen LogP contribution in [0.2, 0.25) is 0 Å². The third-order valence-electron chi connectivity index (χ3n) is 2.36. The number of aromatic nitrogens is 2. The molecule has 6 nitrogen and oxygen atoms in total. The van der Waals surface area contributed by atoms with Crippen LogP contribution in [0.4, 0.5) is 0 Å². The molecule has 1 aromatic heterocycles. The van der Waals surface area contributed by atoms with E-state index in [-0.39, 0.29) is 15.9 Å². The summed E-state index contributed by atoms with van der Waals surface area (Å²) in [6.45, 7) is 1.85. The Hall–Kier alpha value is -2.28. The smallest absolute Gasteiger partial charge is 0.342 e. The van der Waals surface area contributed by atoms with Gasteiger partial charge in [-0.15, -0.1) is 15.9 Å². The number of carboxylic acid groups (broad SMARTS) is 1. The highest BCUT2D eigenvalue weighted by Crippen LogP contribution is 2.29. The van der Waals surface area contributed by atoms with Crippen LogP contribution >= 0.6 is 11.8 Å². The van der Waals surface area contributed by atoms with Crippen LogP contribution in [0.15, 0.2) is 38.8 Å². The van der Waals surface area contributed by atoms with E-state index in [9.17, 15) is 9.90 Å². The molecule has 0 bridgehead atoms. The molecule has 7 heteroatoms. The standard InChI is InChI=1S/C13H12N2O4S/c1-2-11-14-15-13(19-11)20-10(12(17)18)7-8-5-3-4-6-9(8)16/h3-7,16H,2H2,1H3,(H,17,18)/p-1/b10-7-. The van der Waals surface area contributed by atoms with E-state index in [0.717, 1.165) is 11.8 Å². The van der Waals surface area contributed by atoms with Crippen molar-refractivity contribution >= 4 is 23.8 Å². The van der Waals surface area contributed by atoms with Gasteiger partial charge in [-0.3, -0.25) is 0 Å². The van der Waals surface area contributed by atoms with Gasteiger partial charge in [-0.05, 0) is 23.4 Å². The van der Waals surface area contributed by atoms with Gasteiger partial charge in [-0.2, -0.15) is 0 Å². The molecule has 0 saturated carbocycles. The van der Waals surface area contributed by atoms with E-state index in [1.807, 2.05) is 6.92 Å². The summed E-state index contributed by atoms with van der Waals surface area (Å²) in [5.74, 6) is -0.970. The Kier molecular flexibility index (Phi) is 4.41. The molecule has 0 amide bonds. The number of hydrogen-bond donors (Lipinski definition) is 1. The lowest BCUT2D eigenvalue weighted by molar-refractivity contribution is -0.268. The van der Waals surface area contributed by atoms with Gasteiger partial charge in [-0.25, -0.2) is 4.79 Å². The summed E-state index contributed by atoms with van der Waals surface area (Å²) in [7, 11) is 0. The van der Waals surface area contributed by atoms with Gasteiger partial charge in [0.1, 0.15) is 4.91 Å². The first-order valence-electron chi connectivity index (χ1n) is 5.81. The number of carbonyl (C=O) groups is 1. The Morgan fingerprint density at radius 2 is 2.20 bits per heavy atom. The lowest BCUT2D eigenvalue weighted by Gasteiger charge is -2.09. The Morgan fingerprint density at radius 3 is 2.80 bits per heavy atom. The second-order valence-electron chi connectivity index (χ2n) is 3.77. The summed E-state index contributed by atoms with van der Waals surface area (Å²) >= 11 is 0.819. The van der Waals surface area contributed by atoms with Crippen molar-refractivity contribution in [2.24, 2.45) is 0 Å². The largest absolute Gasteiger partial charge is 0.872 e. The zero-order valence-electron chi connectivity index (χ0n) is 10.6. The Labute approximate surface area is 119 Å². The third-order valence-corrected chi connectivity index (χ3v) is 3.22. The first-order valence-corrected chi connectivity index (χ1v) is 6.63. The summed E-state index contributed by atoms with van der Waals surface area (Å²) in [6, 6.07) is 6.19. The number of benzene rings is 1. The van der Waals surface area contributed by atoms with E-state index in [0.29, 0.717) is 17.9 Å². The van der Waals surface area contributed by atoms with Crippen molar-refractivity contribution in [2.75, 3.05) is 0 Å². The van der Waals surface area contributed by atoms with Crippen LogP contribution < -0.4 is 5.11 Å². The summed E-state index contributed by atoms with van der Waals surface area (Å²) in [5.41, 5.74) is 0.299. The van der Waals surface area contributed by atoms with Gasteiger partial charge < -0.3 is 14.6 Å². The molecule has 0 unspecified atom stereocenters. The Balaban J connectivity index is 2.27. The van der Waals surface area contributed by atoms with Gasteiger partial charge in [0.05, 0.1) is 0 Å². The van der Waals surface area contributed by atoms with Crippen LogP contribution in [-0.2, 0) is 11.2 Å². The monoisotopic (exact) mass is 291 g/mol. The van der Waals surface area contributed by atoms with Gasteiger partial charge in [0.2, 0.25) is 5.89 Å². The van der Waals surface area contributed by atoms with E-state index in [4.69, 9.17) is 9.52 Å². The lowest BCUT2D eigenvalue weighted by Crippen LogP contribution is -1.98. The highest BCUT2D eigenvalue weighted by Gasteiger charge is 2.14. The van der Waals surface area contributed by atoms with Crippen LogP contribution in [0.25, 0.3) is 6.08 Å². The van der Waals surface area contributed by atoms with Gasteiger partial charge in [0.25, 0.3) is 5.22 Å². The predicted molar refractivity (Wildman–Crippen MR) is 71.0 cm³/mol. The molecule has 0 aliphatic rings. The van der Waals surface area contributed by atoms with Crippen molar-refractivity contribution in [3.8, 4) is 5.75 Å². The van der Waals surface area contributed by atoms with Crippen molar-refractivity contribution in [3.05, 3.63) is 40.6 Å². The zero-order chi connectivity index (χ0) is 14.5. The molecule has 0 radical (unpaired) electrons. The number of hydrogen-bond acceptors (Lipinski definition) is 6. The molecule has 0 aliphatic heterocycles. The fourth-order valence-corrected chi connectivity index (χ4v) is 2.07. The Bertz CT molecular complexity index is 651. The molecule has 0 spiro atoms. The summed E-state index contributed by atoms with van der Waals surface area (Å²) in [6.07, 6.45) is 1.87. The third kappa shape index (κ3) is 3.39. The minimum atomic E-state index is -1.16. The maximum Gasteiger partial charge on any atom is 0.342 e. The maximum absolute atomic E-state index is 11.6. The Morgan fingerprint density at radius 1 is 1.45 bits per heavy atom. The number of rotatable bonds is 5. The molecule has 0 fully saturated rings. The fourth-order valence-electron chi connectivity index (χ4n) is 1.39. The second-order valence-corrected chi connectivity index (χ2v) is 4.76. The molecule has 104 valence electrons. The zero-order valence-corrected chi connectivity index (χ0v) is 11.4. The summed E-state index contributed by atoms with van der Waals surface area (Å²) in [5, 5.41) is 28.4. The molecule has 0 aliphatic carbocycles. The summed E-state index contributed by atoms with van der Waals surface area (Å²) in [4.78, 5) is 11.2. The van der Waals surface area contributed by atoms with Gasteiger partial charge in [0.15, 0.2) is 0 Å². The van der Waals surface area contributed by atoms with E-state index >= 15 is 0 Å². The molecule has 2 rings (SSSR count). The predicted octanol–water partition coefficient (Wildman–Crippen LogP) is 1.92. The van der Waals surface area contributed by atoms with Gasteiger partial charge in [-0.1, -0.05) is 31.2 Å². The van der Waals surface area contributed by atoms with Crippen LogP contribution in [-0.4, -0.2) is 21.3 Å². The number of nitrogens with zero attached hydrogens (tertiary/aromatic N) is 2. The van der Waals surface area contributed by atoms with Crippen molar-refractivity contribution < 1.29 is 19.4 Å². The lowest BCUT2D eigenvalue weighted by atomic mass is 10.2. The highest BCUT2D eigenvalue weighted by molar-refractivity contribution is 8.03. The fraction of sp³-hybridized carbons (Fsp3) is 0.154.